The largest absolute Gasteiger partial charge is 0.395 e. The minimum absolute atomic E-state index is 0.0367. The van der Waals surface area contributed by atoms with Crippen molar-refractivity contribution in [3.63, 3.8) is 0 Å². The predicted octanol–water partition coefficient (Wildman–Crippen LogP) is -1.29. The van der Waals surface area contributed by atoms with Crippen molar-refractivity contribution in [1.29, 1.82) is 0 Å². The van der Waals surface area contributed by atoms with E-state index in [0.717, 1.165) is 30.7 Å². The van der Waals surface area contributed by atoms with Gasteiger partial charge in [0.2, 0.25) is 11.8 Å². The summed E-state index contributed by atoms with van der Waals surface area (Å²) in [6.07, 6.45) is 5.01. The molecule has 1 unspecified atom stereocenters. The number of hydrogen-bond donors (Lipinski definition) is 4. The second kappa shape index (κ2) is 17.2. The molecule has 0 radical (unpaired) electrons. The smallest absolute Gasteiger partial charge is 0.253 e. The van der Waals surface area contributed by atoms with Crippen molar-refractivity contribution in [3.05, 3.63) is 12.2 Å². The van der Waals surface area contributed by atoms with Gasteiger partial charge in [-0.25, -0.2) is 0 Å². The number of nitrogens with one attached hydrogen (secondary N) is 3. The molecule has 0 aromatic rings. The van der Waals surface area contributed by atoms with Gasteiger partial charge in [-0.2, -0.15) is 0 Å². The van der Waals surface area contributed by atoms with Crippen LogP contribution < -0.4 is 16.0 Å². The number of imide groups is 1. The molecule has 1 rings (SSSR count). The van der Waals surface area contributed by atoms with Gasteiger partial charge in [0.15, 0.2) is 0 Å². The number of unbranched alkanes of at least 4 members (excludes halogenated alkanes) is 1. The van der Waals surface area contributed by atoms with Crippen LogP contribution in [-0.4, -0.2) is 98.9 Å². The highest BCUT2D eigenvalue weighted by atomic mass is 16.5. The number of aliphatic hydroxyl groups excluding tert-OH is 1. The molecule has 4 amide bonds. The average molecular weight is 457 g/mol. The molecule has 1 atom stereocenters. The van der Waals surface area contributed by atoms with Crippen molar-refractivity contribution in [1.82, 2.24) is 20.9 Å². The Morgan fingerprint density at radius 3 is 2.38 bits per heavy atom. The zero-order valence-electron chi connectivity index (χ0n) is 18.8. The average Bonchev–Trinajstić information content (AvgIpc) is 3.10. The number of rotatable bonds is 19. The van der Waals surface area contributed by atoms with Crippen LogP contribution in [0.3, 0.4) is 0 Å². The number of hydrogen-bond acceptors (Lipinski definition) is 8. The minimum Gasteiger partial charge on any atom is -0.395 e. The number of carbonyl (C=O) groups is 4. The predicted molar refractivity (Wildman–Crippen MR) is 117 cm³/mol. The summed E-state index contributed by atoms with van der Waals surface area (Å²) >= 11 is 0. The third kappa shape index (κ3) is 12.5. The highest BCUT2D eigenvalue weighted by Gasteiger charge is 2.23. The molecule has 1 heterocycles. The van der Waals surface area contributed by atoms with E-state index < -0.39 is 11.8 Å². The first kappa shape index (κ1) is 27.7. The monoisotopic (exact) mass is 456 g/mol. The van der Waals surface area contributed by atoms with Gasteiger partial charge in [0, 0.05) is 44.2 Å². The molecule has 0 saturated carbocycles. The van der Waals surface area contributed by atoms with Crippen LogP contribution >= 0.6 is 0 Å². The van der Waals surface area contributed by atoms with Crippen LogP contribution in [0, 0.1) is 0 Å². The molecule has 1 aliphatic rings. The third-order valence-electron chi connectivity index (χ3n) is 4.65. The molecule has 1 aliphatic heterocycles. The van der Waals surface area contributed by atoms with E-state index >= 15 is 0 Å². The van der Waals surface area contributed by atoms with Gasteiger partial charge in [0.25, 0.3) is 11.8 Å². The van der Waals surface area contributed by atoms with E-state index in [4.69, 9.17) is 9.47 Å². The molecular weight excluding hydrogens is 420 g/mol. The zero-order valence-corrected chi connectivity index (χ0v) is 18.8. The Morgan fingerprint density at radius 2 is 1.69 bits per heavy atom. The first-order chi connectivity index (χ1) is 15.5. The van der Waals surface area contributed by atoms with Crippen molar-refractivity contribution in [3.8, 4) is 0 Å². The Labute approximate surface area is 188 Å². The molecule has 0 bridgehead atoms. The summed E-state index contributed by atoms with van der Waals surface area (Å²) in [6, 6.07) is 0.108. The molecule has 0 aliphatic carbocycles. The van der Waals surface area contributed by atoms with Crippen molar-refractivity contribution >= 4 is 23.6 Å². The second-order valence-electron chi connectivity index (χ2n) is 7.21. The van der Waals surface area contributed by atoms with Gasteiger partial charge in [-0.1, -0.05) is 13.3 Å². The van der Waals surface area contributed by atoms with Gasteiger partial charge >= 0.3 is 0 Å². The van der Waals surface area contributed by atoms with Crippen LogP contribution in [0.2, 0.25) is 0 Å². The highest BCUT2D eigenvalue weighted by molar-refractivity contribution is 6.13. The van der Waals surface area contributed by atoms with Crippen LogP contribution in [-0.2, 0) is 28.7 Å². The molecule has 0 aromatic heterocycles. The maximum Gasteiger partial charge on any atom is 0.253 e. The topological polar surface area (TPSA) is 146 Å². The molecule has 32 heavy (non-hydrogen) atoms. The number of carbonyl (C=O) groups excluding carboxylic acids is 4. The molecule has 0 saturated heterocycles. The van der Waals surface area contributed by atoms with Crippen molar-refractivity contribution in [2.75, 3.05) is 59.2 Å². The molecule has 11 nitrogen and oxygen atoms in total. The van der Waals surface area contributed by atoms with Crippen LogP contribution in [0.1, 0.15) is 32.6 Å². The third-order valence-corrected chi connectivity index (χ3v) is 4.65. The van der Waals surface area contributed by atoms with E-state index in [1.54, 1.807) is 0 Å². The van der Waals surface area contributed by atoms with Crippen molar-refractivity contribution in [2.24, 2.45) is 0 Å². The lowest BCUT2D eigenvalue weighted by atomic mass is 10.1. The van der Waals surface area contributed by atoms with E-state index in [1.165, 1.54) is 12.2 Å². The Balaban J connectivity index is 1.88. The molecule has 182 valence electrons. The van der Waals surface area contributed by atoms with Gasteiger partial charge in [0.1, 0.15) is 6.61 Å². The van der Waals surface area contributed by atoms with E-state index in [1.807, 2.05) is 6.92 Å². The summed E-state index contributed by atoms with van der Waals surface area (Å²) in [5, 5.41) is 17.8. The van der Waals surface area contributed by atoms with Gasteiger partial charge in [-0.15, -0.1) is 0 Å². The first-order valence-corrected chi connectivity index (χ1v) is 11.0. The second-order valence-corrected chi connectivity index (χ2v) is 7.21. The molecule has 0 aromatic carbocycles. The molecule has 0 fully saturated rings. The van der Waals surface area contributed by atoms with Crippen LogP contribution in [0.4, 0.5) is 0 Å². The minimum atomic E-state index is -0.407. The fourth-order valence-electron chi connectivity index (χ4n) is 2.94. The summed E-state index contributed by atoms with van der Waals surface area (Å²) in [4.78, 5) is 47.2. The molecular formula is C21H36N4O7. The highest BCUT2D eigenvalue weighted by Crippen LogP contribution is 2.04. The Kier molecular flexibility index (Phi) is 14.9. The van der Waals surface area contributed by atoms with Crippen molar-refractivity contribution in [2.45, 2.75) is 38.6 Å². The number of nitrogens with zero attached hydrogens (tertiary/aromatic N) is 1. The van der Waals surface area contributed by atoms with Gasteiger partial charge < -0.3 is 30.5 Å². The fraction of sp³-hybridized carbons (Fsp3) is 0.714. The quantitative estimate of drug-likeness (QED) is 0.139. The Hall–Kier alpha value is -2.34. The van der Waals surface area contributed by atoms with E-state index in [0.29, 0.717) is 19.7 Å². The lowest BCUT2D eigenvalue weighted by Crippen LogP contribution is -2.35. The summed E-state index contributed by atoms with van der Waals surface area (Å²) < 4.78 is 10.6. The lowest BCUT2D eigenvalue weighted by Gasteiger charge is -2.14. The van der Waals surface area contributed by atoms with Gasteiger partial charge in [-0.3, -0.25) is 24.1 Å². The first-order valence-electron chi connectivity index (χ1n) is 11.0. The SMILES string of the molecule is CCNC(CO)CCCCNC(=O)COCCOCCNC(=O)CCN1C(=O)C=CC1=O. The fourth-order valence-corrected chi connectivity index (χ4v) is 2.94. The summed E-state index contributed by atoms with van der Waals surface area (Å²) in [5.41, 5.74) is 0. The number of ether oxygens (including phenoxy) is 2. The number of likely N-dealkylation sites (N-methyl/N-ethyl adjacent to an activating group) is 1. The van der Waals surface area contributed by atoms with Crippen LogP contribution in [0.15, 0.2) is 12.2 Å². The van der Waals surface area contributed by atoms with E-state index in [9.17, 15) is 24.3 Å². The van der Waals surface area contributed by atoms with Crippen molar-refractivity contribution < 1.29 is 33.8 Å². The Morgan fingerprint density at radius 1 is 1.00 bits per heavy atom. The maximum atomic E-state index is 11.7. The number of amides is 4. The number of aliphatic hydroxyl groups is 1. The Bertz CT molecular complexity index is 609. The summed E-state index contributed by atoms with van der Waals surface area (Å²) in [5.74, 6) is -1.28. The molecule has 4 N–H and O–H groups in total. The van der Waals surface area contributed by atoms with Gasteiger partial charge in [0.05, 0.1) is 26.4 Å². The maximum absolute atomic E-state index is 11.7. The van der Waals surface area contributed by atoms with Crippen LogP contribution in [0.5, 0.6) is 0 Å². The zero-order chi connectivity index (χ0) is 23.6. The van der Waals surface area contributed by atoms with E-state index in [-0.39, 0.29) is 57.2 Å². The molecule has 0 spiro atoms. The van der Waals surface area contributed by atoms with E-state index in [2.05, 4.69) is 16.0 Å². The van der Waals surface area contributed by atoms with Crippen LogP contribution in [0.25, 0.3) is 0 Å². The normalized spacial score (nSPS) is 14.1. The lowest BCUT2D eigenvalue weighted by molar-refractivity contribution is -0.137. The van der Waals surface area contributed by atoms with Gasteiger partial charge in [-0.05, 0) is 19.4 Å². The standard InChI is InChI=1S/C21H36N4O7/c1-2-22-17(15-26)5-3-4-9-23-19(28)16-32-14-13-31-12-10-24-18(27)8-11-25-20(29)6-7-21(25)30/h6-7,17,22,26H,2-5,8-16H2,1H3,(H,23,28)(H,24,27). The molecule has 11 heteroatoms. The summed E-state index contributed by atoms with van der Waals surface area (Å²) in [7, 11) is 0. The summed E-state index contributed by atoms with van der Waals surface area (Å²) in [6.45, 7) is 4.64.